The molecule has 0 atom stereocenters. The molecule has 0 aliphatic heterocycles. The van der Waals surface area contributed by atoms with E-state index in [0.717, 1.165) is 16.3 Å². The Labute approximate surface area is 128 Å². The smallest absolute Gasteiger partial charge is 0.0627 e. The van der Waals surface area contributed by atoms with Crippen molar-refractivity contribution in [1.82, 2.24) is 0 Å². The second-order valence-corrected chi connectivity index (χ2v) is 5.58. The van der Waals surface area contributed by atoms with E-state index >= 15 is 0 Å². The zero-order valence-corrected chi connectivity index (χ0v) is 12.1. The van der Waals surface area contributed by atoms with Gasteiger partial charge in [-0.1, -0.05) is 49.1 Å². The number of nitrogens with two attached hydrogens (primary N) is 2. The van der Waals surface area contributed by atoms with E-state index in [4.69, 9.17) is 11.5 Å². The maximum atomic E-state index is 6.17. The van der Waals surface area contributed by atoms with Crippen molar-refractivity contribution in [1.29, 1.82) is 0 Å². The molecule has 2 heteroatoms. The van der Waals surface area contributed by atoms with Crippen molar-refractivity contribution < 1.29 is 0 Å². The number of fused-ring (bicyclic) bond motifs is 4. The molecule has 0 bridgehead atoms. The largest absolute Gasteiger partial charge is 0.397 e. The van der Waals surface area contributed by atoms with E-state index in [9.17, 15) is 0 Å². The minimum Gasteiger partial charge on any atom is -0.397 e. The lowest BCUT2D eigenvalue weighted by Gasteiger charge is -2.13. The van der Waals surface area contributed by atoms with Crippen LogP contribution in [0, 0.1) is 0 Å². The third kappa shape index (κ3) is 1.67. The third-order valence-corrected chi connectivity index (χ3v) is 4.30. The molecule has 106 valence electrons. The Morgan fingerprint density at radius 2 is 1.45 bits per heavy atom. The van der Waals surface area contributed by atoms with Gasteiger partial charge in [-0.05, 0) is 50.5 Å². The van der Waals surface area contributed by atoms with Crippen LogP contribution >= 0.6 is 0 Å². The average Bonchev–Trinajstić information content (AvgIpc) is 2.54. The molecule has 0 spiro atoms. The molecule has 0 radical (unpaired) electrons. The Morgan fingerprint density at radius 1 is 0.773 bits per heavy atom. The highest BCUT2D eigenvalue weighted by atomic mass is 14.7. The van der Waals surface area contributed by atoms with E-state index < -0.39 is 0 Å². The van der Waals surface area contributed by atoms with Crippen molar-refractivity contribution in [3.05, 3.63) is 66.7 Å². The van der Waals surface area contributed by atoms with Gasteiger partial charge in [-0.25, -0.2) is 0 Å². The molecule has 4 aromatic rings. The van der Waals surface area contributed by atoms with Crippen molar-refractivity contribution in [2.45, 2.75) is 0 Å². The third-order valence-electron chi connectivity index (χ3n) is 4.30. The summed E-state index contributed by atoms with van der Waals surface area (Å²) in [5.74, 6) is 0. The van der Waals surface area contributed by atoms with Crippen LogP contribution in [0.1, 0.15) is 5.56 Å². The van der Waals surface area contributed by atoms with Crippen LogP contribution in [0.15, 0.2) is 61.2 Å². The van der Waals surface area contributed by atoms with Gasteiger partial charge in [-0.3, -0.25) is 0 Å². The monoisotopic (exact) mass is 284 g/mol. The lowest BCUT2D eigenvalue weighted by atomic mass is 9.94. The first-order valence-electron chi connectivity index (χ1n) is 7.24. The van der Waals surface area contributed by atoms with Gasteiger partial charge in [0.05, 0.1) is 11.4 Å². The van der Waals surface area contributed by atoms with E-state index in [2.05, 4.69) is 55.1 Å². The Balaban J connectivity index is 2.29. The molecule has 0 saturated heterocycles. The summed E-state index contributed by atoms with van der Waals surface area (Å²) in [6.45, 7) is 3.92. The quantitative estimate of drug-likeness (QED) is 0.295. The van der Waals surface area contributed by atoms with E-state index in [-0.39, 0.29) is 0 Å². The summed E-state index contributed by atoms with van der Waals surface area (Å²) < 4.78 is 0. The molecule has 0 aliphatic rings. The summed E-state index contributed by atoms with van der Waals surface area (Å²) in [6, 6.07) is 19.0. The molecule has 0 saturated carbocycles. The van der Waals surface area contributed by atoms with Crippen molar-refractivity contribution in [2.75, 3.05) is 11.5 Å². The summed E-state index contributed by atoms with van der Waals surface area (Å²) in [5.41, 5.74) is 14.3. The van der Waals surface area contributed by atoms with Crippen LogP contribution in [0.5, 0.6) is 0 Å². The Morgan fingerprint density at radius 3 is 2.18 bits per heavy atom. The fraction of sp³-hybridized carbons (Fsp3) is 0. The Bertz CT molecular complexity index is 1060. The topological polar surface area (TPSA) is 52.0 Å². The first-order valence-corrected chi connectivity index (χ1v) is 7.24. The van der Waals surface area contributed by atoms with Crippen molar-refractivity contribution in [3.8, 4) is 0 Å². The number of anilines is 2. The molecule has 0 fully saturated rings. The van der Waals surface area contributed by atoms with Crippen LogP contribution in [-0.4, -0.2) is 0 Å². The highest BCUT2D eigenvalue weighted by molar-refractivity contribution is 6.17. The minimum atomic E-state index is 0.600. The number of nitrogen functional groups attached to an aromatic ring is 2. The van der Waals surface area contributed by atoms with Gasteiger partial charge in [0.2, 0.25) is 0 Å². The number of benzene rings is 4. The average molecular weight is 284 g/mol. The summed E-state index contributed by atoms with van der Waals surface area (Å²) in [4.78, 5) is 0. The second-order valence-electron chi connectivity index (χ2n) is 5.58. The number of rotatable bonds is 1. The molecule has 0 amide bonds. The van der Waals surface area contributed by atoms with E-state index in [1.807, 2.05) is 6.07 Å². The minimum absolute atomic E-state index is 0.600. The van der Waals surface area contributed by atoms with Gasteiger partial charge < -0.3 is 11.5 Å². The highest BCUT2D eigenvalue weighted by Gasteiger charge is 2.10. The predicted molar refractivity (Wildman–Crippen MR) is 97.9 cm³/mol. The molecular weight excluding hydrogens is 268 g/mol. The summed E-state index contributed by atoms with van der Waals surface area (Å²) in [6.07, 6.45) is 1.79. The zero-order valence-electron chi connectivity index (χ0n) is 12.1. The first kappa shape index (κ1) is 12.7. The maximum Gasteiger partial charge on any atom is 0.0627 e. The zero-order chi connectivity index (χ0) is 15.3. The van der Waals surface area contributed by atoms with Gasteiger partial charge in [0.1, 0.15) is 0 Å². The van der Waals surface area contributed by atoms with Crippen molar-refractivity contribution in [2.24, 2.45) is 0 Å². The molecule has 0 heterocycles. The fourth-order valence-electron chi connectivity index (χ4n) is 3.20. The van der Waals surface area contributed by atoms with Crippen LogP contribution < -0.4 is 11.5 Å². The molecular formula is C20H16N2. The molecule has 2 nitrogen and oxygen atoms in total. The molecule has 0 aromatic heterocycles. The van der Waals surface area contributed by atoms with Crippen LogP contribution in [0.25, 0.3) is 38.4 Å². The summed E-state index contributed by atoms with van der Waals surface area (Å²) >= 11 is 0. The SMILES string of the molecule is C=Cc1c(N)c(N)cc2ccc3cc4ccccc4cc3c12. The van der Waals surface area contributed by atoms with Gasteiger partial charge in [0.15, 0.2) is 0 Å². The van der Waals surface area contributed by atoms with Crippen molar-refractivity contribution >= 4 is 49.8 Å². The van der Waals surface area contributed by atoms with Crippen LogP contribution in [-0.2, 0) is 0 Å². The van der Waals surface area contributed by atoms with Gasteiger partial charge in [-0.15, -0.1) is 0 Å². The molecule has 0 aliphatic carbocycles. The fourth-order valence-corrected chi connectivity index (χ4v) is 3.20. The second kappa shape index (κ2) is 4.50. The normalized spacial score (nSPS) is 11.3. The molecule has 4 N–H and O–H groups in total. The molecule has 0 unspecified atom stereocenters. The van der Waals surface area contributed by atoms with E-state index in [0.29, 0.717) is 11.4 Å². The van der Waals surface area contributed by atoms with E-state index in [1.165, 1.54) is 21.5 Å². The van der Waals surface area contributed by atoms with Gasteiger partial charge in [-0.2, -0.15) is 0 Å². The molecule has 4 aromatic carbocycles. The predicted octanol–water partition coefficient (Wildman–Crippen LogP) is 4.95. The van der Waals surface area contributed by atoms with Crippen LogP contribution in [0.3, 0.4) is 0 Å². The standard InChI is InChI=1S/C20H16N2/c1-2-16-19-15(11-18(21)20(16)22)8-7-14-9-12-5-3-4-6-13(12)10-17(14)19/h2-11H,1,21-22H2. The van der Waals surface area contributed by atoms with Crippen LogP contribution in [0.4, 0.5) is 11.4 Å². The highest BCUT2D eigenvalue weighted by Crippen LogP contribution is 2.37. The Kier molecular flexibility index (Phi) is 2.60. The van der Waals surface area contributed by atoms with Gasteiger partial charge in [0.25, 0.3) is 0 Å². The van der Waals surface area contributed by atoms with Gasteiger partial charge >= 0.3 is 0 Å². The maximum absolute atomic E-state index is 6.17. The lowest BCUT2D eigenvalue weighted by molar-refractivity contribution is 1.69. The number of hydrogen-bond donors (Lipinski definition) is 2. The molecule has 4 rings (SSSR count). The lowest BCUT2D eigenvalue weighted by Crippen LogP contribution is -1.98. The van der Waals surface area contributed by atoms with Crippen molar-refractivity contribution in [3.63, 3.8) is 0 Å². The number of hydrogen-bond acceptors (Lipinski definition) is 2. The first-order chi connectivity index (χ1) is 10.7. The molecule has 22 heavy (non-hydrogen) atoms. The van der Waals surface area contributed by atoms with Gasteiger partial charge in [0, 0.05) is 5.56 Å². The summed E-state index contributed by atoms with van der Waals surface area (Å²) in [7, 11) is 0. The summed E-state index contributed by atoms with van der Waals surface area (Å²) in [5, 5.41) is 7.02. The van der Waals surface area contributed by atoms with E-state index in [1.54, 1.807) is 6.08 Å². The Hall–Kier alpha value is -3.00. The van der Waals surface area contributed by atoms with Crippen LogP contribution in [0.2, 0.25) is 0 Å².